The van der Waals surface area contributed by atoms with E-state index in [0.29, 0.717) is 16.9 Å². The molecule has 150 valence electrons. The standard InChI is InChI=1S/C22H17N3O5/c1-15-5-4-6-17(13-15)22(27)30-18-11-9-16(10-12-18)14-23-24-21(26)19-7-2-3-8-20(19)25(28)29/h2-14H,1H3,(H,24,26). The fraction of sp³-hybridized carbons (Fsp3) is 0.0455. The molecule has 0 saturated carbocycles. The molecule has 0 atom stereocenters. The minimum Gasteiger partial charge on any atom is -0.423 e. The summed E-state index contributed by atoms with van der Waals surface area (Å²) in [6.45, 7) is 1.89. The van der Waals surface area contributed by atoms with E-state index in [9.17, 15) is 19.7 Å². The minimum absolute atomic E-state index is 0.0851. The molecule has 8 heteroatoms. The first-order chi connectivity index (χ1) is 14.4. The average Bonchev–Trinajstić information content (AvgIpc) is 2.74. The highest BCUT2D eigenvalue weighted by Crippen LogP contribution is 2.17. The zero-order chi connectivity index (χ0) is 21.5. The SMILES string of the molecule is Cc1cccc(C(=O)Oc2ccc(C=NNC(=O)c3ccccc3[N+](=O)[O-])cc2)c1. The molecule has 0 fully saturated rings. The molecule has 0 unspecified atom stereocenters. The molecular formula is C22H17N3O5. The second-order valence-corrected chi connectivity index (χ2v) is 6.30. The predicted octanol–water partition coefficient (Wildman–Crippen LogP) is 3.89. The number of nitrogens with zero attached hydrogens (tertiary/aromatic N) is 2. The van der Waals surface area contributed by atoms with Gasteiger partial charge in [-0.3, -0.25) is 14.9 Å². The Kier molecular flexibility index (Phi) is 6.29. The van der Waals surface area contributed by atoms with E-state index in [1.807, 2.05) is 13.0 Å². The van der Waals surface area contributed by atoms with Crippen molar-refractivity contribution in [1.82, 2.24) is 5.43 Å². The Bertz CT molecular complexity index is 1120. The van der Waals surface area contributed by atoms with Crippen LogP contribution in [0.25, 0.3) is 0 Å². The Hall–Kier alpha value is -4.33. The van der Waals surface area contributed by atoms with Crippen LogP contribution in [0.1, 0.15) is 31.8 Å². The number of amides is 1. The molecule has 3 rings (SSSR count). The third-order valence-electron chi connectivity index (χ3n) is 4.07. The van der Waals surface area contributed by atoms with Crippen molar-refractivity contribution in [1.29, 1.82) is 0 Å². The first-order valence-corrected chi connectivity index (χ1v) is 8.90. The third kappa shape index (κ3) is 5.14. The molecule has 0 saturated heterocycles. The maximum atomic E-state index is 12.2. The number of nitro benzene ring substituents is 1. The number of nitrogens with one attached hydrogen (secondary N) is 1. The second-order valence-electron chi connectivity index (χ2n) is 6.30. The molecule has 30 heavy (non-hydrogen) atoms. The molecule has 0 aliphatic rings. The summed E-state index contributed by atoms with van der Waals surface area (Å²) >= 11 is 0. The molecule has 8 nitrogen and oxygen atoms in total. The fourth-order valence-electron chi connectivity index (χ4n) is 2.61. The summed E-state index contributed by atoms with van der Waals surface area (Å²) in [5.41, 5.74) is 3.92. The van der Waals surface area contributed by atoms with Crippen LogP contribution in [-0.4, -0.2) is 23.0 Å². The average molecular weight is 403 g/mol. The van der Waals surface area contributed by atoms with Crippen LogP contribution in [0.15, 0.2) is 77.9 Å². The van der Waals surface area contributed by atoms with Gasteiger partial charge in [-0.1, -0.05) is 29.8 Å². The van der Waals surface area contributed by atoms with E-state index in [0.717, 1.165) is 5.56 Å². The summed E-state index contributed by atoms with van der Waals surface area (Å²) < 4.78 is 5.33. The van der Waals surface area contributed by atoms with Crippen molar-refractivity contribution in [3.63, 3.8) is 0 Å². The number of rotatable bonds is 6. The first-order valence-electron chi connectivity index (χ1n) is 8.90. The van der Waals surface area contributed by atoms with Crippen molar-refractivity contribution in [3.8, 4) is 5.75 Å². The summed E-state index contributed by atoms with van der Waals surface area (Å²) in [4.78, 5) is 34.6. The molecular weight excluding hydrogens is 386 g/mol. The first kappa shape index (κ1) is 20.4. The van der Waals surface area contributed by atoms with E-state index in [-0.39, 0.29) is 11.3 Å². The van der Waals surface area contributed by atoms with Gasteiger partial charge in [0, 0.05) is 6.07 Å². The van der Waals surface area contributed by atoms with Crippen LogP contribution < -0.4 is 10.2 Å². The lowest BCUT2D eigenvalue weighted by atomic mass is 10.1. The van der Waals surface area contributed by atoms with E-state index in [4.69, 9.17) is 4.74 Å². The van der Waals surface area contributed by atoms with Gasteiger partial charge in [0.15, 0.2) is 0 Å². The number of ether oxygens (including phenoxy) is 1. The van der Waals surface area contributed by atoms with Crippen LogP contribution in [0.2, 0.25) is 0 Å². The maximum Gasteiger partial charge on any atom is 0.343 e. The van der Waals surface area contributed by atoms with Gasteiger partial charge in [-0.15, -0.1) is 0 Å². The molecule has 0 aliphatic carbocycles. The number of hydrogen-bond donors (Lipinski definition) is 1. The van der Waals surface area contributed by atoms with E-state index < -0.39 is 16.8 Å². The van der Waals surface area contributed by atoms with Gasteiger partial charge in [0.25, 0.3) is 11.6 Å². The Morgan fingerprint density at radius 2 is 1.77 bits per heavy atom. The summed E-state index contributed by atoms with van der Waals surface area (Å²) in [7, 11) is 0. The van der Waals surface area contributed by atoms with Crippen LogP contribution in [0, 0.1) is 17.0 Å². The van der Waals surface area contributed by atoms with Gasteiger partial charge in [0.05, 0.1) is 16.7 Å². The Balaban J connectivity index is 1.60. The Morgan fingerprint density at radius 1 is 1.03 bits per heavy atom. The smallest absolute Gasteiger partial charge is 0.343 e. The lowest BCUT2D eigenvalue weighted by Gasteiger charge is -2.05. The van der Waals surface area contributed by atoms with E-state index in [1.54, 1.807) is 42.5 Å². The second kappa shape index (κ2) is 9.24. The summed E-state index contributed by atoms with van der Waals surface area (Å²) in [5.74, 6) is -0.790. The van der Waals surface area contributed by atoms with Crippen LogP contribution in [0.4, 0.5) is 5.69 Å². The highest BCUT2D eigenvalue weighted by atomic mass is 16.6. The molecule has 0 radical (unpaired) electrons. The number of hydrazone groups is 1. The molecule has 1 amide bonds. The Morgan fingerprint density at radius 3 is 2.47 bits per heavy atom. The molecule has 3 aromatic rings. The minimum atomic E-state index is -0.692. The van der Waals surface area contributed by atoms with Crippen molar-refractivity contribution in [2.45, 2.75) is 6.92 Å². The number of esters is 1. The highest BCUT2D eigenvalue weighted by Gasteiger charge is 2.18. The number of aryl methyl sites for hydroxylation is 1. The molecule has 1 N–H and O–H groups in total. The molecule has 0 spiro atoms. The van der Waals surface area contributed by atoms with E-state index in [1.165, 1.54) is 30.5 Å². The van der Waals surface area contributed by atoms with Crippen molar-refractivity contribution < 1.29 is 19.2 Å². The van der Waals surface area contributed by atoms with Crippen molar-refractivity contribution in [3.05, 3.63) is 105 Å². The lowest BCUT2D eigenvalue weighted by Crippen LogP contribution is -2.18. The Labute approximate surface area is 172 Å². The van der Waals surface area contributed by atoms with Crippen LogP contribution >= 0.6 is 0 Å². The van der Waals surface area contributed by atoms with E-state index in [2.05, 4.69) is 10.5 Å². The van der Waals surface area contributed by atoms with Gasteiger partial charge < -0.3 is 4.74 Å². The van der Waals surface area contributed by atoms with Gasteiger partial charge in [-0.05, 0) is 55.0 Å². The molecule has 0 aromatic heterocycles. The quantitative estimate of drug-likeness (QED) is 0.221. The molecule has 0 aliphatic heterocycles. The zero-order valence-electron chi connectivity index (χ0n) is 15.9. The van der Waals surface area contributed by atoms with Gasteiger partial charge in [0.2, 0.25) is 0 Å². The topological polar surface area (TPSA) is 111 Å². The van der Waals surface area contributed by atoms with Gasteiger partial charge in [-0.25, -0.2) is 10.2 Å². The molecule has 3 aromatic carbocycles. The normalized spacial score (nSPS) is 10.6. The monoisotopic (exact) mass is 403 g/mol. The van der Waals surface area contributed by atoms with Crippen molar-refractivity contribution >= 4 is 23.8 Å². The zero-order valence-corrected chi connectivity index (χ0v) is 15.9. The van der Waals surface area contributed by atoms with E-state index >= 15 is 0 Å². The van der Waals surface area contributed by atoms with Gasteiger partial charge in [0.1, 0.15) is 11.3 Å². The third-order valence-corrected chi connectivity index (χ3v) is 4.07. The van der Waals surface area contributed by atoms with Gasteiger partial charge in [-0.2, -0.15) is 5.10 Å². The summed E-state index contributed by atoms with van der Waals surface area (Å²) in [6, 6.07) is 19.2. The molecule has 0 bridgehead atoms. The van der Waals surface area contributed by atoms with Crippen molar-refractivity contribution in [2.75, 3.05) is 0 Å². The molecule has 0 heterocycles. The summed E-state index contributed by atoms with van der Waals surface area (Å²) in [6.07, 6.45) is 1.37. The fourth-order valence-corrected chi connectivity index (χ4v) is 2.61. The van der Waals surface area contributed by atoms with Crippen LogP contribution in [-0.2, 0) is 0 Å². The number of benzene rings is 3. The maximum absolute atomic E-state index is 12.2. The van der Waals surface area contributed by atoms with Gasteiger partial charge >= 0.3 is 5.97 Å². The number of hydrogen-bond acceptors (Lipinski definition) is 6. The highest BCUT2D eigenvalue weighted by molar-refractivity contribution is 5.98. The number of para-hydroxylation sites is 1. The number of carbonyl (C=O) groups excluding carboxylic acids is 2. The van der Waals surface area contributed by atoms with Crippen LogP contribution in [0.3, 0.4) is 0 Å². The van der Waals surface area contributed by atoms with Crippen molar-refractivity contribution in [2.24, 2.45) is 5.10 Å². The number of carbonyl (C=O) groups is 2. The van der Waals surface area contributed by atoms with Crippen LogP contribution in [0.5, 0.6) is 5.75 Å². The largest absolute Gasteiger partial charge is 0.423 e. The lowest BCUT2D eigenvalue weighted by molar-refractivity contribution is -0.385. The number of nitro groups is 1. The summed E-state index contributed by atoms with van der Waals surface area (Å²) in [5, 5.41) is 14.8. The predicted molar refractivity (Wildman–Crippen MR) is 111 cm³/mol.